The Hall–Kier alpha value is -6.74. The Kier molecular flexibility index (Phi) is 23.8. The van der Waals surface area contributed by atoms with Gasteiger partial charge in [0.15, 0.2) is 0 Å². The fraction of sp³-hybridized carbons (Fsp3) is 0.659. The number of H-pyrrole nitrogens is 1. The van der Waals surface area contributed by atoms with Gasteiger partial charge in [0.2, 0.25) is 59.1 Å². The molecule has 10 amide bonds. The zero-order valence-electron chi connectivity index (χ0n) is 38.1. The predicted octanol–water partition coefficient (Wildman–Crippen LogP) is -6.21. The maximum atomic E-state index is 13.9. The van der Waals surface area contributed by atoms with Crippen LogP contribution >= 0.6 is 0 Å². The number of primary amides is 1. The number of carbonyl (C=O) groups is 11. The molecule has 0 saturated carbocycles. The minimum Gasteiger partial charge on any atom is -0.480 e. The lowest BCUT2D eigenvalue weighted by Gasteiger charge is -2.28. The Morgan fingerprint density at radius 1 is 0.676 bits per heavy atom. The normalized spacial score (nSPS) is 17.2. The molecule has 27 heteroatoms. The molecule has 6 atom stereocenters. The van der Waals surface area contributed by atoms with Crippen molar-refractivity contribution in [3.05, 3.63) is 18.2 Å². The van der Waals surface area contributed by atoms with E-state index < -0.39 is 127 Å². The van der Waals surface area contributed by atoms with Crippen LogP contribution in [0.1, 0.15) is 82.7 Å². The van der Waals surface area contributed by atoms with Crippen LogP contribution in [0, 0.1) is 0 Å². The van der Waals surface area contributed by atoms with Crippen LogP contribution in [0.5, 0.6) is 0 Å². The first-order valence-electron chi connectivity index (χ1n) is 22.7. The maximum Gasteiger partial charge on any atom is 0.326 e. The molecule has 68 heavy (non-hydrogen) atoms. The van der Waals surface area contributed by atoms with Crippen molar-refractivity contribution < 1.29 is 57.8 Å². The van der Waals surface area contributed by atoms with E-state index in [9.17, 15) is 57.8 Å². The monoisotopic (exact) mass is 962 g/mol. The van der Waals surface area contributed by atoms with Crippen LogP contribution < -0.4 is 60.2 Å². The zero-order chi connectivity index (χ0) is 50.2. The number of carbonyl (C=O) groups excluding carboxylic acids is 10. The summed E-state index contributed by atoms with van der Waals surface area (Å²) in [7, 11) is 0. The average Bonchev–Trinajstić information content (AvgIpc) is 4.12. The molecule has 2 aliphatic rings. The van der Waals surface area contributed by atoms with Gasteiger partial charge in [-0.3, -0.25) is 47.9 Å². The Morgan fingerprint density at radius 3 is 1.87 bits per heavy atom. The Bertz CT molecular complexity index is 1920. The van der Waals surface area contributed by atoms with Gasteiger partial charge in [0.25, 0.3) is 0 Å². The number of likely N-dealkylation sites (tertiary alicyclic amines) is 2. The highest BCUT2D eigenvalue weighted by atomic mass is 16.4. The smallest absolute Gasteiger partial charge is 0.326 e. The number of carboxylic acid groups (broad SMARTS) is 1. The Labute approximate surface area is 392 Å². The molecule has 27 nitrogen and oxygen atoms in total. The minimum atomic E-state index is -1.36. The molecule has 0 radical (unpaired) electrons. The van der Waals surface area contributed by atoms with E-state index in [1.807, 2.05) is 0 Å². The summed E-state index contributed by atoms with van der Waals surface area (Å²) in [6, 6.07) is -6.66. The van der Waals surface area contributed by atoms with Crippen LogP contribution in [-0.4, -0.2) is 179 Å². The summed E-state index contributed by atoms with van der Waals surface area (Å²) in [4.78, 5) is 150. The Balaban J connectivity index is 1.52. The fourth-order valence-corrected chi connectivity index (χ4v) is 7.57. The van der Waals surface area contributed by atoms with E-state index >= 15 is 0 Å². The molecular formula is C41H67N15O12. The molecule has 0 aromatic carbocycles. The van der Waals surface area contributed by atoms with Crippen molar-refractivity contribution in [1.82, 2.24) is 57.0 Å². The van der Waals surface area contributed by atoms with Gasteiger partial charge in [0.05, 0.1) is 38.5 Å². The summed E-state index contributed by atoms with van der Waals surface area (Å²) in [5.41, 5.74) is 22.6. The molecule has 2 aliphatic heterocycles. The van der Waals surface area contributed by atoms with Crippen molar-refractivity contribution in [2.45, 2.75) is 120 Å². The van der Waals surface area contributed by atoms with Gasteiger partial charge in [-0.15, -0.1) is 0 Å². The molecule has 0 aliphatic carbocycles. The second-order valence-corrected chi connectivity index (χ2v) is 16.5. The Morgan fingerprint density at radius 2 is 1.26 bits per heavy atom. The van der Waals surface area contributed by atoms with Crippen molar-refractivity contribution in [2.24, 2.45) is 22.9 Å². The van der Waals surface area contributed by atoms with E-state index in [2.05, 4.69) is 47.2 Å². The molecule has 1 aromatic rings. The van der Waals surface area contributed by atoms with E-state index in [1.165, 1.54) is 22.3 Å². The summed E-state index contributed by atoms with van der Waals surface area (Å²) < 4.78 is 0. The number of nitrogens with zero attached hydrogens (tertiary/aromatic N) is 3. The zero-order valence-corrected chi connectivity index (χ0v) is 38.1. The number of imidazole rings is 1. The first kappa shape index (κ1) is 55.6. The van der Waals surface area contributed by atoms with Crippen molar-refractivity contribution in [2.75, 3.05) is 52.4 Å². The second-order valence-electron chi connectivity index (χ2n) is 16.5. The predicted molar refractivity (Wildman–Crippen MR) is 239 cm³/mol. The summed E-state index contributed by atoms with van der Waals surface area (Å²) in [5, 5.41) is 26.5. The molecule has 0 spiro atoms. The minimum absolute atomic E-state index is 0.0160. The lowest BCUT2D eigenvalue weighted by molar-refractivity contribution is -0.142. The van der Waals surface area contributed by atoms with Gasteiger partial charge in [-0.25, -0.2) is 9.78 Å². The largest absolute Gasteiger partial charge is 0.480 e. The number of aromatic nitrogens is 2. The van der Waals surface area contributed by atoms with Crippen molar-refractivity contribution in [1.29, 1.82) is 0 Å². The van der Waals surface area contributed by atoms with Crippen LogP contribution in [0.3, 0.4) is 0 Å². The maximum absolute atomic E-state index is 13.9. The highest BCUT2D eigenvalue weighted by molar-refractivity contribution is 5.97. The molecule has 0 bridgehead atoms. The number of unbranched alkanes of at least 4 members (excludes halogenated alkanes) is 2. The number of nitrogens with one attached hydrogen (secondary N) is 8. The van der Waals surface area contributed by atoms with Crippen LogP contribution in [-0.2, 0) is 59.2 Å². The molecule has 1 aromatic heterocycles. The summed E-state index contributed by atoms with van der Waals surface area (Å²) in [6.07, 6.45) is 6.36. The highest BCUT2D eigenvalue weighted by Crippen LogP contribution is 2.20. The van der Waals surface area contributed by atoms with E-state index in [4.69, 9.17) is 22.9 Å². The number of carboxylic acids is 1. The van der Waals surface area contributed by atoms with E-state index in [1.54, 1.807) is 0 Å². The SMILES string of the molecule is NCCCC[C@H](NC(=O)CNC(=O)[C@H](CCC(N)=O)NC(=O)[C@@H]1CCCN1C(=O)CNC(=O)CNC(=O)[C@@H]1CCCN1C(=O)[C@H](Cc1cnc[nH]1)NC(=O)CNC(=O)[C@@H](N)CCCCN)C(=O)O. The van der Waals surface area contributed by atoms with Gasteiger partial charge in [-0.05, 0) is 77.3 Å². The molecule has 17 N–H and O–H groups in total. The van der Waals surface area contributed by atoms with Gasteiger partial charge >= 0.3 is 5.97 Å². The summed E-state index contributed by atoms with van der Waals surface area (Å²) in [5.74, 6) is -8.35. The van der Waals surface area contributed by atoms with Gasteiger partial charge < -0.3 is 80.0 Å². The third kappa shape index (κ3) is 18.9. The van der Waals surface area contributed by atoms with Crippen LogP contribution in [0.4, 0.5) is 0 Å². The highest BCUT2D eigenvalue weighted by Gasteiger charge is 2.39. The number of aliphatic carboxylic acids is 1. The van der Waals surface area contributed by atoms with Gasteiger partial charge in [0.1, 0.15) is 30.2 Å². The first-order chi connectivity index (χ1) is 32.4. The number of rotatable bonds is 30. The standard InChI is InChI=1S/C41H67N15O12/c42-13-3-1-7-25(44)36(62)48-20-34(60)53-28(17-24-18-46-23-51-24)40(66)56-16-6-9-29(56)38(64)50-19-32(58)47-22-35(61)55-15-5-10-30(55)39(65)54-26(11-12-31(45)57)37(63)49-21-33(59)52-27(41(67)68)8-2-4-14-43/h18,23,25-30H,1-17,19-22,42-44H2,(H2,45,57)(H,46,51)(H,47,58)(H,48,62)(H,49,63)(H,50,64)(H,52,59)(H,53,60)(H,54,65)(H,67,68)/t25-,26-,27-,28-,29-,30-/m0/s1. The lowest BCUT2D eigenvalue weighted by atomic mass is 10.1. The molecule has 3 rings (SSSR count). The molecular weight excluding hydrogens is 895 g/mol. The van der Waals surface area contributed by atoms with Crippen LogP contribution in [0.2, 0.25) is 0 Å². The molecule has 378 valence electrons. The lowest BCUT2D eigenvalue weighted by Crippen LogP contribution is -2.56. The third-order valence-corrected chi connectivity index (χ3v) is 11.2. The molecule has 2 saturated heterocycles. The summed E-state index contributed by atoms with van der Waals surface area (Å²) in [6.45, 7) is -1.14. The van der Waals surface area contributed by atoms with Crippen molar-refractivity contribution >= 4 is 65.0 Å². The molecule has 0 unspecified atom stereocenters. The van der Waals surface area contributed by atoms with E-state index in [-0.39, 0.29) is 51.6 Å². The number of hydrogen-bond acceptors (Lipinski definition) is 15. The first-order valence-corrected chi connectivity index (χ1v) is 22.7. The van der Waals surface area contributed by atoms with E-state index in [0.717, 1.165) is 0 Å². The number of hydrogen-bond donors (Lipinski definition) is 13. The quantitative estimate of drug-likeness (QED) is 0.0319. The van der Waals surface area contributed by atoms with Crippen LogP contribution in [0.25, 0.3) is 0 Å². The van der Waals surface area contributed by atoms with Gasteiger partial charge in [0, 0.05) is 37.8 Å². The second kappa shape index (κ2) is 29.1. The van der Waals surface area contributed by atoms with Crippen molar-refractivity contribution in [3.8, 4) is 0 Å². The number of amides is 10. The summed E-state index contributed by atoms with van der Waals surface area (Å²) >= 11 is 0. The fourth-order valence-electron chi connectivity index (χ4n) is 7.57. The van der Waals surface area contributed by atoms with E-state index in [0.29, 0.717) is 63.7 Å². The molecule has 2 fully saturated rings. The van der Waals surface area contributed by atoms with Crippen molar-refractivity contribution in [3.63, 3.8) is 0 Å². The van der Waals surface area contributed by atoms with Gasteiger partial charge in [-0.2, -0.15) is 0 Å². The number of nitrogens with two attached hydrogens (primary N) is 4. The third-order valence-electron chi connectivity index (χ3n) is 11.2. The van der Waals surface area contributed by atoms with Crippen LogP contribution in [0.15, 0.2) is 12.5 Å². The molecule has 3 heterocycles. The number of aromatic amines is 1. The average molecular weight is 962 g/mol. The topological polar surface area (TPSA) is 431 Å². The van der Waals surface area contributed by atoms with Gasteiger partial charge in [-0.1, -0.05) is 6.42 Å².